The highest BCUT2D eigenvalue weighted by molar-refractivity contribution is 5.90. The number of nitrogens with one attached hydrogen (secondary N) is 1. The summed E-state index contributed by atoms with van der Waals surface area (Å²) in [6.45, 7) is 2.86. The molecule has 0 aliphatic carbocycles. The molecule has 0 radical (unpaired) electrons. The molecule has 1 atom stereocenters. The van der Waals surface area contributed by atoms with Crippen molar-refractivity contribution < 1.29 is 28.6 Å². The summed E-state index contributed by atoms with van der Waals surface area (Å²) in [6.07, 6.45) is -0.585. The SMILES string of the molecule is CC(=O)NC[C@H]1COC(=O)N1c1ccc(N2CCN(C(=O)CO)CC2)c(F)c1. The Morgan fingerprint density at radius 2 is 2.00 bits per heavy atom. The van der Waals surface area contributed by atoms with E-state index in [1.54, 1.807) is 12.1 Å². The number of benzene rings is 1. The Hall–Kier alpha value is -2.88. The van der Waals surface area contributed by atoms with Crippen LogP contribution in [-0.4, -0.2) is 79.9 Å². The van der Waals surface area contributed by atoms with Gasteiger partial charge in [0.1, 0.15) is 19.0 Å². The average molecular weight is 394 g/mol. The highest BCUT2D eigenvalue weighted by atomic mass is 19.1. The van der Waals surface area contributed by atoms with Crippen LogP contribution in [0.5, 0.6) is 0 Å². The van der Waals surface area contributed by atoms with Gasteiger partial charge in [-0.3, -0.25) is 14.5 Å². The predicted octanol–water partition coefficient (Wildman–Crippen LogP) is -0.0721. The number of piperazine rings is 1. The van der Waals surface area contributed by atoms with Crippen LogP contribution in [0.25, 0.3) is 0 Å². The molecule has 0 aromatic heterocycles. The summed E-state index contributed by atoms with van der Waals surface area (Å²) in [6, 6.07) is 4.09. The number of nitrogens with zero attached hydrogens (tertiary/aromatic N) is 3. The zero-order valence-electron chi connectivity index (χ0n) is 15.6. The Kier molecular flexibility index (Phi) is 5.98. The highest BCUT2D eigenvalue weighted by Crippen LogP contribution is 2.29. The van der Waals surface area contributed by atoms with Crippen molar-refractivity contribution in [3.63, 3.8) is 0 Å². The predicted molar refractivity (Wildman–Crippen MR) is 98.6 cm³/mol. The smallest absolute Gasteiger partial charge is 0.414 e. The quantitative estimate of drug-likeness (QED) is 0.725. The molecule has 10 heteroatoms. The summed E-state index contributed by atoms with van der Waals surface area (Å²) in [5.41, 5.74) is 0.735. The lowest BCUT2D eigenvalue weighted by Crippen LogP contribution is -2.49. The Labute approximate surface area is 161 Å². The number of aliphatic hydroxyl groups is 1. The van der Waals surface area contributed by atoms with Gasteiger partial charge in [0.05, 0.1) is 17.4 Å². The van der Waals surface area contributed by atoms with Crippen molar-refractivity contribution in [1.82, 2.24) is 10.2 Å². The van der Waals surface area contributed by atoms with E-state index in [4.69, 9.17) is 9.84 Å². The first kappa shape index (κ1) is 19.9. The first-order valence-corrected chi connectivity index (χ1v) is 9.04. The van der Waals surface area contributed by atoms with E-state index in [0.29, 0.717) is 37.6 Å². The number of ether oxygens (including phenoxy) is 1. The van der Waals surface area contributed by atoms with Crippen molar-refractivity contribution >= 4 is 29.3 Å². The molecule has 152 valence electrons. The topological polar surface area (TPSA) is 102 Å². The second kappa shape index (κ2) is 8.42. The van der Waals surface area contributed by atoms with Gasteiger partial charge in [0.2, 0.25) is 11.8 Å². The molecule has 2 fully saturated rings. The van der Waals surface area contributed by atoms with Crippen LogP contribution in [0.3, 0.4) is 0 Å². The summed E-state index contributed by atoms with van der Waals surface area (Å²) in [4.78, 5) is 39.4. The molecule has 0 spiro atoms. The van der Waals surface area contributed by atoms with Gasteiger partial charge in [0.25, 0.3) is 0 Å². The molecule has 2 saturated heterocycles. The van der Waals surface area contributed by atoms with Crippen molar-refractivity contribution in [3.8, 4) is 0 Å². The van der Waals surface area contributed by atoms with Crippen LogP contribution in [0, 0.1) is 5.82 Å². The molecule has 1 aromatic rings. The summed E-state index contributed by atoms with van der Waals surface area (Å²) >= 11 is 0. The highest BCUT2D eigenvalue weighted by Gasteiger charge is 2.35. The number of carbonyl (C=O) groups excluding carboxylic acids is 3. The molecular formula is C18H23FN4O5. The standard InChI is InChI=1S/C18H23FN4O5/c1-12(25)20-9-14-11-28-18(27)23(14)13-2-3-16(15(19)8-13)21-4-6-22(7-5-21)17(26)10-24/h2-3,8,14,24H,4-7,9-11H2,1H3,(H,20,25)/t14-/m0/s1. The van der Waals surface area contributed by atoms with E-state index < -0.39 is 24.6 Å². The van der Waals surface area contributed by atoms with Crippen molar-refractivity contribution in [2.75, 3.05) is 55.7 Å². The van der Waals surface area contributed by atoms with Crippen LogP contribution < -0.4 is 15.1 Å². The summed E-state index contributed by atoms with van der Waals surface area (Å²) < 4.78 is 19.8. The third-order valence-electron chi connectivity index (χ3n) is 4.87. The molecule has 9 nitrogen and oxygen atoms in total. The van der Waals surface area contributed by atoms with Gasteiger partial charge in [0.15, 0.2) is 0 Å². The fourth-order valence-electron chi connectivity index (χ4n) is 3.39. The number of amides is 3. The van der Waals surface area contributed by atoms with E-state index in [0.717, 1.165) is 0 Å². The van der Waals surface area contributed by atoms with Crippen LogP contribution in [-0.2, 0) is 14.3 Å². The molecule has 3 amide bonds. The number of aliphatic hydroxyl groups excluding tert-OH is 1. The number of hydrogen-bond donors (Lipinski definition) is 2. The van der Waals surface area contributed by atoms with Gasteiger partial charge < -0.3 is 25.0 Å². The Morgan fingerprint density at radius 1 is 1.29 bits per heavy atom. The molecule has 2 heterocycles. The average Bonchev–Trinajstić information content (AvgIpc) is 3.06. The number of anilines is 2. The van der Waals surface area contributed by atoms with Gasteiger partial charge in [-0.25, -0.2) is 9.18 Å². The van der Waals surface area contributed by atoms with E-state index in [1.165, 1.54) is 22.8 Å². The third-order valence-corrected chi connectivity index (χ3v) is 4.87. The second-order valence-corrected chi connectivity index (χ2v) is 6.70. The minimum Gasteiger partial charge on any atom is -0.447 e. The van der Waals surface area contributed by atoms with Crippen LogP contribution in [0.1, 0.15) is 6.92 Å². The lowest BCUT2D eigenvalue weighted by atomic mass is 10.2. The van der Waals surface area contributed by atoms with E-state index in [2.05, 4.69) is 5.32 Å². The van der Waals surface area contributed by atoms with Crippen molar-refractivity contribution in [3.05, 3.63) is 24.0 Å². The van der Waals surface area contributed by atoms with Gasteiger partial charge >= 0.3 is 6.09 Å². The minimum atomic E-state index is -0.585. The Morgan fingerprint density at radius 3 is 2.61 bits per heavy atom. The number of hydrogen-bond acceptors (Lipinski definition) is 6. The van der Waals surface area contributed by atoms with Gasteiger partial charge in [0, 0.05) is 39.6 Å². The van der Waals surface area contributed by atoms with Gasteiger partial charge in [-0.15, -0.1) is 0 Å². The van der Waals surface area contributed by atoms with Crippen LogP contribution in [0.15, 0.2) is 18.2 Å². The molecule has 2 aliphatic heterocycles. The van der Waals surface area contributed by atoms with E-state index in [9.17, 15) is 18.8 Å². The monoisotopic (exact) mass is 394 g/mol. The largest absolute Gasteiger partial charge is 0.447 e. The van der Waals surface area contributed by atoms with Crippen LogP contribution in [0.2, 0.25) is 0 Å². The molecule has 0 unspecified atom stereocenters. The normalized spacial score (nSPS) is 19.6. The molecule has 2 N–H and O–H groups in total. The maximum atomic E-state index is 14.8. The number of cyclic esters (lactones) is 1. The van der Waals surface area contributed by atoms with Crippen molar-refractivity contribution in [1.29, 1.82) is 0 Å². The summed E-state index contributed by atoms with van der Waals surface area (Å²) in [5.74, 6) is -1.05. The lowest BCUT2D eigenvalue weighted by Gasteiger charge is -2.36. The maximum absolute atomic E-state index is 14.8. The Bertz CT molecular complexity index is 766. The van der Waals surface area contributed by atoms with Gasteiger partial charge in [-0.1, -0.05) is 0 Å². The zero-order chi connectivity index (χ0) is 20.3. The lowest BCUT2D eigenvalue weighted by molar-refractivity contribution is -0.134. The molecule has 1 aromatic carbocycles. The summed E-state index contributed by atoms with van der Waals surface area (Å²) in [7, 11) is 0. The first-order chi connectivity index (χ1) is 13.4. The fourth-order valence-corrected chi connectivity index (χ4v) is 3.39. The van der Waals surface area contributed by atoms with Crippen LogP contribution in [0.4, 0.5) is 20.6 Å². The van der Waals surface area contributed by atoms with E-state index in [-0.39, 0.29) is 25.0 Å². The number of carbonyl (C=O) groups is 3. The summed E-state index contributed by atoms with van der Waals surface area (Å²) in [5, 5.41) is 11.6. The van der Waals surface area contributed by atoms with Gasteiger partial charge in [-0.05, 0) is 18.2 Å². The first-order valence-electron chi connectivity index (χ1n) is 9.04. The Balaban J connectivity index is 1.71. The molecule has 3 rings (SSSR count). The van der Waals surface area contributed by atoms with E-state index >= 15 is 0 Å². The molecule has 0 bridgehead atoms. The van der Waals surface area contributed by atoms with Crippen molar-refractivity contribution in [2.24, 2.45) is 0 Å². The minimum absolute atomic E-state index is 0.114. The molecular weight excluding hydrogens is 371 g/mol. The van der Waals surface area contributed by atoms with Gasteiger partial charge in [-0.2, -0.15) is 0 Å². The third kappa shape index (κ3) is 4.16. The van der Waals surface area contributed by atoms with Crippen molar-refractivity contribution in [2.45, 2.75) is 13.0 Å². The number of rotatable bonds is 5. The molecule has 0 saturated carbocycles. The zero-order valence-corrected chi connectivity index (χ0v) is 15.6. The van der Waals surface area contributed by atoms with E-state index in [1.807, 2.05) is 4.90 Å². The van der Waals surface area contributed by atoms with Crippen LogP contribution >= 0.6 is 0 Å². The second-order valence-electron chi connectivity index (χ2n) is 6.70. The number of halogens is 1. The fraction of sp³-hybridized carbons (Fsp3) is 0.500. The molecule has 28 heavy (non-hydrogen) atoms. The molecule has 2 aliphatic rings. The maximum Gasteiger partial charge on any atom is 0.414 e.